The Kier molecular flexibility index (Phi) is 6.06. The first-order chi connectivity index (χ1) is 17.0. The van der Waals surface area contributed by atoms with Crippen LogP contribution in [0.15, 0.2) is 77.4 Å². The number of anilines is 1. The van der Waals surface area contributed by atoms with Gasteiger partial charge in [-0.05, 0) is 53.1 Å². The van der Waals surface area contributed by atoms with Crippen molar-refractivity contribution in [2.45, 2.75) is 32.3 Å². The van der Waals surface area contributed by atoms with Gasteiger partial charge in [0.2, 0.25) is 0 Å². The maximum atomic E-state index is 12.5. The first kappa shape index (κ1) is 22.4. The number of amides is 1. The molecule has 7 heteroatoms. The van der Waals surface area contributed by atoms with Gasteiger partial charge in [0.25, 0.3) is 0 Å². The van der Waals surface area contributed by atoms with E-state index in [1.165, 1.54) is 11.8 Å². The minimum atomic E-state index is -0.846. The summed E-state index contributed by atoms with van der Waals surface area (Å²) in [4.78, 5) is 23.5. The Morgan fingerprint density at radius 3 is 2.37 bits per heavy atom. The van der Waals surface area contributed by atoms with E-state index in [4.69, 9.17) is 14.4 Å². The topological polar surface area (TPSA) is 102 Å². The Morgan fingerprint density at radius 2 is 1.69 bits per heavy atom. The molecule has 0 spiro atoms. The molecular weight excluding hydrogens is 444 g/mol. The van der Waals surface area contributed by atoms with Crippen molar-refractivity contribution in [2.75, 3.05) is 5.32 Å². The van der Waals surface area contributed by atoms with Crippen molar-refractivity contribution >= 4 is 17.7 Å². The molecule has 0 saturated heterocycles. The van der Waals surface area contributed by atoms with Crippen molar-refractivity contribution in [3.05, 3.63) is 95.2 Å². The van der Waals surface area contributed by atoms with Gasteiger partial charge in [0, 0.05) is 5.56 Å². The van der Waals surface area contributed by atoms with E-state index in [1.807, 2.05) is 73.7 Å². The fraction of sp³-hybridized carbons (Fsp3) is 0.179. The Morgan fingerprint density at radius 1 is 1.00 bits per heavy atom. The number of hydrogen-bond donors (Lipinski definition) is 2. The molecule has 1 aliphatic carbocycles. The van der Waals surface area contributed by atoms with Crippen LogP contribution in [0.5, 0.6) is 0 Å². The van der Waals surface area contributed by atoms with E-state index >= 15 is 0 Å². The molecule has 5 rings (SSSR count). The second-order valence-corrected chi connectivity index (χ2v) is 8.54. The second-order valence-electron chi connectivity index (χ2n) is 8.54. The zero-order chi connectivity index (χ0) is 24.4. The number of carbonyl (C=O) groups is 2. The highest BCUT2D eigenvalue weighted by molar-refractivity contribution is 5.91. The third-order valence-corrected chi connectivity index (χ3v) is 6.28. The molecule has 0 radical (unpaired) electrons. The molecule has 7 nitrogen and oxygen atoms in total. The van der Waals surface area contributed by atoms with E-state index < -0.39 is 18.2 Å². The number of rotatable bonds is 7. The third kappa shape index (κ3) is 4.66. The molecule has 4 aromatic rings. The average molecular weight is 469 g/mol. The Hall–Kier alpha value is -4.39. The summed E-state index contributed by atoms with van der Waals surface area (Å²) in [7, 11) is 0. The van der Waals surface area contributed by atoms with Crippen molar-refractivity contribution < 1.29 is 24.0 Å². The van der Waals surface area contributed by atoms with Crippen molar-refractivity contribution in [1.82, 2.24) is 5.16 Å². The number of carboxylic acid groups (broad SMARTS) is 1. The van der Waals surface area contributed by atoms with Crippen LogP contribution in [0.4, 0.5) is 10.5 Å². The molecule has 1 heterocycles. The predicted octanol–water partition coefficient (Wildman–Crippen LogP) is 6.04. The molecular formula is C28H24N2O5. The number of carboxylic acids is 1. The molecule has 35 heavy (non-hydrogen) atoms. The number of nitrogens with zero attached hydrogens (tertiary/aromatic N) is 1. The van der Waals surface area contributed by atoms with Gasteiger partial charge in [-0.3, -0.25) is 10.1 Å². The minimum absolute atomic E-state index is 0.00512. The van der Waals surface area contributed by atoms with Crippen molar-refractivity contribution in [3.63, 3.8) is 0 Å². The Bertz CT molecular complexity index is 1380. The molecule has 0 bridgehead atoms. The number of benzene rings is 3. The zero-order valence-electron chi connectivity index (χ0n) is 19.2. The molecule has 3 aromatic carbocycles. The molecule has 1 aromatic heterocycles. The Labute approximate surface area is 202 Å². The summed E-state index contributed by atoms with van der Waals surface area (Å²) in [6.07, 6.45) is 2.33. The van der Waals surface area contributed by atoms with Gasteiger partial charge in [-0.15, -0.1) is 0 Å². The molecule has 0 aliphatic heterocycles. The summed E-state index contributed by atoms with van der Waals surface area (Å²) >= 11 is 0. The first-order valence-corrected chi connectivity index (χ1v) is 11.4. The average Bonchev–Trinajstić information content (AvgIpc) is 3.27. The van der Waals surface area contributed by atoms with Gasteiger partial charge in [-0.2, -0.15) is 0 Å². The first-order valence-electron chi connectivity index (χ1n) is 11.4. The molecule has 1 aliphatic rings. The van der Waals surface area contributed by atoms with Gasteiger partial charge in [0.15, 0.2) is 5.76 Å². The van der Waals surface area contributed by atoms with Gasteiger partial charge < -0.3 is 14.4 Å². The van der Waals surface area contributed by atoms with Crippen LogP contribution in [0.2, 0.25) is 0 Å². The highest BCUT2D eigenvalue weighted by Crippen LogP contribution is 2.42. The van der Waals surface area contributed by atoms with Crippen LogP contribution in [0, 0.1) is 0 Å². The van der Waals surface area contributed by atoms with E-state index in [-0.39, 0.29) is 6.42 Å². The number of carbonyl (C=O) groups excluding carboxylic acids is 1. The lowest BCUT2D eigenvalue weighted by Gasteiger charge is -2.26. The molecule has 1 atom stereocenters. The monoisotopic (exact) mass is 468 g/mol. The van der Waals surface area contributed by atoms with Gasteiger partial charge in [-0.25, -0.2) is 4.79 Å². The fourth-order valence-electron chi connectivity index (χ4n) is 4.41. The molecule has 1 unspecified atom stereocenters. The number of ether oxygens (including phenoxy) is 1. The second kappa shape index (κ2) is 9.46. The van der Waals surface area contributed by atoms with Gasteiger partial charge in [0.05, 0.1) is 12.6 Å². The maximum absolute atomic E-state index is 12.5. The summed E-state index contributed by atoms with van der Waals surface area (Å²) in [5.41, 5.74) is 7.54. The fourth-order valence-corrected chi connectivity index (χ4v) is 4.41. The molecule has 0 saturated carbocycles. The lowest BCUT2D eigenvalue weighted by atomic mass is 9.79. The highest BCUT2D eigenvalue weighted by atomic mass is 16.6. The highest BCUT2D eigenvalue weighted by Gasteiger charge is 2.26. The number of hydrogen-bond acceptors (Lipinski definition) is 5. The van der Waals surface area contributed by atoms with Crippen LogP contribution in [-0.2, 0) is 28.8 Å². The van der Waals surface area contributed by atoms with Crippen molar-refractivity contribution in [3.8, 4) is 22.5 Å². The predicted molar refractivity (Wildman–Crippen MR) is 131 cm³/mol. The number of nitrogens with one attached hydrogen (secondary N) is 1. The van der Waals surface area contributed by atoms with Crippen LogP contribution in [0.3, 0.4) is 0 Å². The normalized spacial score (nSPS) is 12.8. The van der Waals surface area contributed by atoms with Crippen LogP contribution in [0.25, 0.3) is 22.5 Å². The smallest absolute Gasteiger partial charge is 0.412 e. The van der Waals surface area contributed by atoms with E-state index in [2.05, 4.69) is 10.5 Å². The van der Waals surface area contributed by atoms with Crippen molar-refractivity contribution in [1.29, 1.82) is 0 Å². The van der Waals surface area contributed by atoms with Gasteiger partial charge in [0.1, 0.15) is 11.8 Å². The molecule has 2 N–H and O–H groups in total. The van der Waals surface area contributed by atoms with E-state index in [0.29, 0.717) is 11.4 Å². The zero-order valence-corrected chi connectivity index (χ0v) is 19.2. The van der Waals surface area contributed by atoms with Gasteiger partial charge >= 0.3 is 12.1 Å². The molecule has 0 fully saturated rings. The summed E-state index contributed by atoms with van der Waals surface area (Å²) in [5.74, 6) is -0.352. The third-order valence-electron chi connectivity index (χ3n) is 6.28. The quantitative estimate of drug-likeness (QED) is 0.343. The van der Waals surface area contributed by atoms with E-state index in [0.717, 1.165) is 46.2 Å². The minimum Gasteiger partial charge on any atom is -0.481 e. The lowest BCUT2D eigenvalue weighted by molar-refractivity contribution is -0.136. The van der Waals surface area contributed by atoms with Crippen LogP contribution in [0.1, 0.15) is 35.3 Å². The van der Waals surface area contributed by atoms with Crippen LogP contribution in [-0.4, -0.2) is 22.3 Å². The molecule has 1 amide bonds. The molecule has 176 valence electrons. The lowest BCUT2D eigenvalue weighted by Crippen LogP contribution is -2.16. The van der Waals surface area contributed by atoms with Crippen LogP contribution >= 0.6 is 0 Å². The SMILES string of the molecule is CC(OC(=O)Nc1cnoc1-c1ccc(-c2ccc(CC(=O)O)cc2)c2c1CC2)c1ccccc1. The standard InChI is InChI=1S/C28H24N2O5/c1-17(19-5-3-2-4-6-19)34-28(33)30-25-16-29-35-27(25)24-14-11-21(22-12-13-23(22)24)20-9-7-18(8-10-20)15-26(31)32/h2-11,14,16-17H,12-13,15H2,1H3,(H,30,33)(H,31,32). The number of aromatic nitrogens is 1. The summed E-state index contributed by atoms with van der Waals surface area (Å²) in [5, 5.41) is 15.7. The van der Waals surface area contributed by atoms with Crippen molar-refractivity contribution in [2.24, 2.45) is 0 Å². The Balaban J connectivity index is 1.35. The van der Waals surface area contributed by atoms with E-state index in [9.17, 15) is 9.59 Å². The van der Waals surface area contributed by atoms with E-state index in [1.54, 1.807) is 0 Å². The summed E-state index contributed by atoms with van der Waals surface area (Å²) in [6.45, 7) is 1.82. The van der Waals surface area contributed by atoms with Crippen LogP contribution < -0.4 is 5.32 Å². The maximum Gasteiger partial charge on any atom is 0.412 e. The van der Waals surface area contributed by atoms with Gasteiger partial charge in [-0.1, -0.05) is 71.9 Å². The summed E-state index contributed by atoms with van der Waals surface area (Å²) in [6, 6.07) is 21.1. The largest absolute Gasteiger partial charge is 0.481 e. The summed E-state index contributed by atoms with van der Waals surface area (Å²) < 4.78 is 11.1. The number of fused-ring (bicyclic) bond motifs is 1. The number of aliphatic carboxylic acids is 1.